The first-order valence-electron chi connectivity index (χ1n) is 8.70. The SMILES string of the molecule is CCC(=O)N1c2ccc(C)cc2C(OC(=O)c2ccccc2)CC1C. The fourth-order valence-corrected chi connectivity index (χ4v) is 3.36. The number of anilines is 1. The zero-order chi connectivity index (χ0) is 18.0. The highest BCUT2D eigenvalue weighted by Gasteiger charge is 2.35. The van der Waals surface area contributed by atoms with Gasteiger partial charge in [-0.1, -0.05) is 42.8 Å². The molecule has 130 valence electrons. The molecular weight excluding hydrogens is 314 g/mol. The van der Waals surface area contributed by atoms with Crippen molar-refractivity contribution in [2.24, 2.45) is 0 Å². The summed E-state index contributed by atoms with van der Waals surface area (Å²) in [6, 6.07) is 14.9. The molecule has 25 heavy (non-hydrogen) atoms. The average Bonchev–Trinajstić information content (AvgIpc) is 2.62. The van der Waals surface area contributed by atoms with E-state index in [0.29, 0.717) is 18.4 Å². The van der Waals surface area contributed by atoms with Crippen molar-refractivity contribution >= 4 is 17.6 Å². The first-order valence-corrected chi connectivity index (χ1v) is 8.70. The molecule has 0 spiro atoms. The molecule has 0 saturated carbocycles. The molecule has 4 nitrogen and oxygen atoms in total. The van der Waals surface area contributed by atoms with Crippen molar-refractivity contribution < 1.29 is 14.3 Å². The summed E-state index contributed by atoms with van der Waals surface area (Å²) in [5.74, 6) is -0.244. The van der Waals surface area contributed by atoms with Crippen LogP contribution in [0.25, 0.3) is 0 Å². The molecule has 0 saturated heterocycles. The van der Waals surface area contributed by atoms with Gasteiger partial charge in [0.15, 0.2) is 0 Å². The van der Waals surface area contributed by atoms with Gasteiger partial charge in [-0.05, 0) is 32.0 Å². The van der Waals surface area contributed by atoms with Crippen LogP contribution in [0.3, 0.4) is 0 Å². The third-order valence-electron chi connectivity index (χ3n) is 4.62. The number of carbonyl (C=O) groups excluding carboxylic acids is 2. The second-order valence-corrected chi connectivity index (χ2v) is 6.52. The van der Waals surface area contributed by atoms with Gasteiger partial charge >= 0.3 is 5.97 Å². The normalized spacial score (nSPS) is 19.2. The van der Waals surface area contributed by atoms with E-state index in [1.807, 2.05) is 62.1 Å². The lowest BCUT2D eigenvalue weighted by atomic mass is 9.92. The van der Waals surface area contributed by atoms with Crippen molar-refractivity contribution in [1.82, 2.24) is 0 Å². The molecule has 0 N–H and O–H groups in total. The highest BCUT2D eigenvalue weighted by atomic mass is 16.5. The maximum absolute atomic E-state index is 12.5. The summed E-state index contributed by atoms with van der Waals surface area (Å²) in [7, 11) is 0. The van der Waals surface area contributed by atoms with Crippen molar-refractivity contribution in [3.05, 3.63) is 65.2 Å². The van der Waals surface area contributed by atoms with Crippen molar-refractivity contribution in [2.45, 2.75) is 45.8 Å². The number of hydrogen-bond acceptors (Lipinski definition) is 3. The molecule has 4 heteroatoms. The fraction of sp³-hybridized carbons (Fsp3) is 0.333. The predicted molar refractivity (Wildman–Crippen MR) is 97.6 cm³/mol. The molecule has 0 aliphatic carbocycles. The Morgan fingerprint density at radius 3 is 2.56 bits per heavy atom. The average molecular weight is 337 g/mol. The summed E-state index contributed by atoms with van der Waals surface area (Å²) in [6.07, 6.45) is 0.700. The summed E-state index contributed by atoms with van der Waals surface area (Å²) < 4.78 is 5.81. The Morgan fingerprint density at radius 1 is 1.16 bits per heavy atom. The third kappa shape index (κ3) is 3.43. The number of benzene rings is 2. The van der Waals surface area contributed by atoms with Gasteiger partial charge in [-0.15, -0.1) is 0 Å². The highest BCUT2D eigenvalue weighted by molar-refractivity contribution is 5.95. The van der Waals surface area contributed by atoms with E-state index in [0.717, 1.165) is 16.8 Å². The molecule has 1 amide bonds. The van der Waals surface area contributed by atoms with Crippen LogP contribution < -0.4 is 4.90 Å². The van der Waals surface area contributed by atoms with Gasteiger partial charge in [-0.2, -0.15) is 0 Å². The molecule has 2 aromatic carbocycles. The van der Waals surface area contributed by atoms with Crippen LogP contribution in [-0.4, -0.2) is 17.9 Å². The maximum atomic E-state index is 12.5. The second-order valence-electron chi connectivity index (χ2n) is 6.52. The quantitative estimate of drug-likeness (QED) is 0.779. The van der Waals surface area contributed by atoms with Crippen LogP contribution in [0.5, 0.6) is 0 Å². The Labute approximate surface area is 148 Å². The predicted octanol–water partition coefficient (Wildman–Crippen LogP) is 4.43. The van der Waals surface area contributed by atoms with E-state index in [2.05, 4.69) is 0 Å². The minimum Gasteiger partial charge on any atom is -0.454 e. The van der Waals surface area contributed by atoms with Crippen molar-refractivity contribution in [1.29, 1.82) is 0 Å². The topological polar surface area (TPSA) is 46.6 Å². The summed E-state index contributed by atoms with van der Waals surface area (Å²) in [5, 5.41) is 0. The Morgan fingerprint density at radius 2 is 1.88 bits per heavy atom. The molecule has 0 radical (unpaired) electrons. The van der Waals surface area contributed by atoms with Gasteiger partial charge in [0.1, 0.15) is 6.10 Å². The standard InChI is InChI=1S/C21H23NO3/c1-4-20(23)22-15(3)13-19(17-12-14(2)10-11-18(17)22)25-21(24)16-8-6-5-7-9-16/h5-12,15,19H,4,13H2,1-3H3. The lowest BCUT2D eigenvalue weighted by Gasteiger charge is -2.39. The molecule has 0 fully saturated rings. The minimum absolute atomic E-state index is 0.0174. The fourth-order valence-electron chi connectivity index (χ4n) is 3.36. The highest BCUT2D eigenvalue weighted by Crippen LogP contribution is 2.40. The lowest BCUT2D eigenvalue weighted by Crippen LogP contribution is -2.43. The molecule has 2 atom stereocenters. The van der Waals surface area contributed by atoms with Gasteiger partial charge in [0.25, 0.3) is 0 Å². The van der Waals surface area contributed by atoms with Crippen LogP contribution in [0, 0.1) is 6.92 Å². The van der Waals surface area contributed by atoms with E-state index < -0.39 is 0 Å². The van der Waals surface area contributed by atoms with Crippen LogP contribution in [0.15, 0.2) is 48.5 Å². The van der Waals surface area contributed by atoms with E-state index >= 15 is 0 Å². The largest absolute Gasteiger partial charge is 0.454 e. The number of amides is 1. The van der Waals surface area contributed by atoms with Crippen LogP contribution in [0.1, 0.15) is 54.3 Å². The summed E-state index contributed by atoms with van der Waals surface area (Å²) in [5.41, 5.74) is 3.38. The number of hydrogen-bond donors (Lipinski definition) is 0. The third-order valence-corrected chi connectivity index (χ3v) is 4.62. The van der Waals surface area contributed by atoms with Gasteiger partial charge in [-0.3, -0.25) is 4.79 Å². The van der Waals surface area contributed by atoms with Gasteiger partial charge in [-0.25, -0.2) is 4.79 Å². The zero-order valence-corrected chi connectivity index (χ0v) is 14.9. The summed E-state index contributed by atoms with van der Waals surface area (Å²) >= 11 is 0. The lowest BCUT2D eigenvalue weighted by molar-refractivity contribution is -0.119. The summed E-state index contributed by atoms with van der Waals surface area (Å²) in [4.78, 5) is 26.7. The molecular formula is C21H23NO3. The van der Waals surface area contributed by atoms with Crippen LogP contribution >= 0.6 is 0 Å². The smallest absolute Gasteiger partial charge is 0.338 e. The minimum atomic E-state index is -0.349. The van der Waals surface area contributed by atoms with E-state index in [4.69, 9.17) is 4.74 Å². The number of fused-ring (bicyclic) bond motifs is 1. The van der Waals surface area contributed by atoms with E-state index in [9.17, 15) is 9.59 Å². The van der Waals surface area contributed by atoms with E-state index in [-0.39, 0.29) is 24.0 Å². The zero-order valence-electron chi connectivity index (χ0n) is 14.9. The molecule has 1 heterocycles. The molecule has 2 unspecified atom stereocenters. The number of aryl methyl sites for hydroxylation is 1. The van der Waals surface area contributed by atoms with Crippen molar-refractivity contribution in [3.63, 3.8) is 0 Å². The molecule has 3 rings (SSSR count). The second kappa shape index (κ2) is 7.09. The molecule has 1 aliphatic rings. The van der Waals surface area contributed by atoms with Gasteiger partial charge in [0.2, 0.25) is 5.91 Å². The Balaban J connectivity index is 1.94. The molecule has 0 aromatic heterocycles. The molecule has 0 bridgehead atoms. The Kier molecular flexibility index (Phi) is 4.88. The van der Waals surface area contributed by atoms with Gasteiger partial charge in [0.05, 0.1) is 11.3 Å². The van der Waals surface area contributed by atoms with Gasteiger partial charge < -0.3 is 9.64 Å². The molecule has 2 aromatic rings. The van der Waals surface area contributed by atoms with E-state index in [1.165, 1.54) is 0 Å². The Bertz CT molecular complexity index is 785. The molecule has 1 aliphatic heterocycles. The summed E-state index contributed by atoms with van der Waals surface area (Å²) in [6.45, 7) is 5.87. The Hall–Kier alpha value is -2.62. The number of carbonyl (C=O) groups is 2. The van der Waals surface area contributed by atoms with E-state index in [1.54, 1.807) is 12.1 Å². The first kappa shape index (κ1) is 17.2. The number of nitrogens with zero attached hydrogens (tertiary/aromatic N) is 1. The van der Waals surface area contributed by atoms with Crippen molar-refractivity contribution in [3.8, 4) is 0 Å². The van der Waals surface area contributed by atoms with Crippen LogP contribution in [0.2, 0.25) is 0 Å². The number of esters is 1. The number of ether oxygens (including phenoxy) is 1. The monoisotopic (exact) mass is 337 g/mol. The first-order chi connectivity index (χ1) is 12.0. The maximum Gasteiger partial charge on any atom is 0.338 e. The van der Waals surface area contributed by atoms with Crippen LogP contribution in [0.4, 0.5) is 5.69 Å². The van der Waals surface area contributed by atoms with Gasteiger partial charge in [0, 0.05) is 24.4 Å². The number of rotatable bonds is 3. The van der Waals surface area contributed by atoms with Crippen LogP contribution in [-0.2, 0) is 9.53 Å². The van der Waals surface area contributed by atoms with Crippen molar-refractivity contribution in [2.75, 3.05) is 4.90 Å².